The van der Waals surface area contributed by atoms with E-state index in [0.29, 0.717) is 6.54 Å². The molecule has 1 amide bonds. The third-order valence-corrected chi connectivity index (χ3v) is 4.08. The average Bonchev–Trinajstić information content (AvgIpc) is 3.04. The van der Waals surface area contributed by atoms with E-state index in [1.54, 1.807) is 12.5 Å². The molecule has 0 fully saturated rings. The topological polar surface area (TPSA) is 55.1 Å². The summed E-state index contributed by atoms with van der Waals surface area (Å²) < 4.78 is 5.63. The Hall–Kier alpha value is -3.14. The number of nitrogens with one attached hydrogen (secondary N) is 1. The van der Waals surface area contributed by atoms with Gasteiger partial charge >= 0.3 is 0 Å². The van der Waals surface area contributed by atoms with Crippen LogP contribution in [0.2, 0.25) is 0 Å². The molecule has 0 spiro atoms. The van der Waals surface area contributed by atoms with E-state index in [-0.39, 0.29) is 12.3 Å². The number of carbonyl (C=O) groups excluding carboxylic acids is 1. The first-order valence-electron chi connectivity index (χ1n) is 7.86. The van der Waals surface area contributed by atoms with Gasteiger partial charge in [-0.3, -0.25) is 9.78 Å². The number of nitrogens with zero attached hydrogens (tertiary/aromatic N) is 1. The molecule has 0 saturated carbocycles. The molecule has 118 valence electrons. The second kappa shape index (κ2) is 6.16. The molecular weight excluding hydrogens is 300 g/mol. The van der Waals surface area contributed by atoms with E-state index in [1.165, 1.54) is 0 Å². The Balaban J connectivity index is 1.58. The van der Waals surface area contributed by atoms with Crippen molar-refractivity contribution in [2.75, 3.05) is 0 Å². The van der Waals surface area contributed by atoms with Gasteiger partial charge in [0.2, 0.25) is 5.91 Å². The molecule has 0 atom stereocenters. The monoisotopic (exact) mass is 316 g/mol. The van der Waals surface area contributed by atoms with Crippen molar-refractivity contribution in [3.8, 4) is 0 Å². The number of hydrogen-bond donors (Lipinski definition) is 1. The number of aromatic nitrogens is 1. The smallest absolute Gasteiger partial charge is 0.224 e. The lowest BCUT2D eigenvalue weighted by Gasteiger charge is -2.05. The number of amides is 1. The zero-order valence-electron chi connectivity index (χ0n) is 13.0. The highest BCUT2D eigenvalue weighted by Gasteiger charge is 2.13. The Morgan fingerprint density at radius 2 is 1.92 bits per heavy atom. The van der Waals surface area contributed by atoms with Gasteiger partial charge in [0.05, 0.1) is 24.9 Å². The molecule has 4 rings (SSSR count). The van der Waals surface area contributed by atoms with E-state index in [1.807, 2.05) is 42.5 Å². The Labute approximate surface area is 139 Å². The minimum Gasteiger partial charge on any atom is -0.464 e. The summed E-state index contributed by atoms with van der Waals surface area (Å²) in [5.41, 5.74) is 2.55. The van der Waals surface area contributed by atoms with Crippen LogP contribution in [0.4, 0.5) is 0 Å². The molecule has 2 heterocycles. The summed E-state index contributed by atoms with van der Waals surface area (Å²) in [4.78, 5) is 16.5. The fourth-order valence-electron chi connectivity index (χ4n) is 2.93. The Bertz CT molecular complexity index is 1010. The highest BCUT2D eigenvalue weighted by atomic mass is 16.3. The van der Waals surface area contributed by atoms with Gasteiger partial charge in [-0.2, -0.15) is 0 Å². The van der Waals surface area contributed by atoms with E-state index < -0.39 is 0 Å². The summed E-state index contributed by atoms with van der Waals surface area (Å²) in [6, 6.07) is 17.8. The molecule has 2 aromatic carbocycles. The molecular formula is C20H16N2O2. The van der Waals surface area contributed by atoms with E-state index >= 15 is 0 Å². The highest BCUT2D eigenvalue weighted by Crippen LogP contribution is 2.30. The molecule has 4 heteroatoms. The Morgan fingerprint density at radius 1 is 1.04 bits per heavy atom. The average molecular weight is 316 g/mol. The molecule has 2 aromatic heterocycles. The highest BCUT2D eigenvalue weighted by molar-refractivity contribution is 6.08. The summed E-state index contributed by atoms with van der Waals surface area (Å²) in [6.07, 6.45) is 3.68. The summed E-state index contributed by atoms with van der Waals surface area (Å²) in [7, 11) is 0. The minimum absolute atomic E-state index is 0.0451. The molecule has 0 radical (unpaired) electrons. The molecule has 0 unspecified atom stereocenters. The molecule has 0 aliphatic heterocycles. The molecule has 0 aliphatic rings. The van der Waals surface area contributed by atoms with Crippen LogP contribution in [0.15, 0.2) is 71.5 Å². The SMILES string of the molecule is O=C(Cc1coc2ccc3ccccc3c12)NCc1ccccn1. The van der Waals surface area contributed by atoms with Crippen LogP contribution in [0, 0.1) is 0 Å². The number of rotatable bonds is 4. The van der Waals surface area contributed by atoms with Crippen molar-refractivity contribution in [3.63, 3.8) is 0 Å². The zero-order chi connectivity index (χ0) is 16.4. The van der Waals surface area contributed by atoms with Crippen LogP contribution in [-0.2, 0) is 17.8 Å². The lowest BCUT2D eigenvalue weighted by Crippen LogP contribution is -2.24. The first kappa shape index (κ1) is 14.5. The summed E-state index contributed by atoms with van der Waals surface area (Å²) in [6.45, 7) is 0.427. The number of furan rings is 1. The second-order valence-electron chi connectivity index (χ2n) is 5.70. The standard InChI is InChI=1S/C20H16N2O2/c23-19(22-12-16-6-3-4-10-21-16)11-15-13-24-18-9-8-14-5-1-2-7-17(14)20(15)18/h1-10,13H,11-12H2,(H,22,23). The van der Waals surface area contributed by atoms with Gasteiger partial charge in [0.15, 0.2) is 0 Å². The third kappa shape index (κ3) is 2.74. The van der Waals surface area contributed by atoms with Crippen molar-refractivity contribution >= 4 is 27.6 Å². The van der Waals surface area contributed by atoms with Crippen molar-refractivity contribution in [3.05, 3.63) is 78.3 Å². The first-order chi connectivity index (χ1) is 11.8. The number of pyridine rings is 1. The number of benzene rings is 2. The van der Waals surface area contributed by atoms with Gasteiger partial charge in [0, 0.05) is 17.1 Å². The second-order valence-corrected chi connectivity index (χ2v) is 5.70. The Kier molecular flexibility index (Phi) is 3.71. The maximum Gasteiger partial charge on any atom is 0.224 e. The zero-order valence-corrected chi connectivity index (χ0v) is 13.0. The van der Waals surface area contributed by atoms with Gasteiger partial charge in [-0.1, -0.05) is 36.4 Å². The normalized spacial score (nSPS) is 11.0. The van der Waals surface area contributed by atoms with Gasteiger partial charge in [-0.15, -0.1) is 0 Å². The number of fused-ring (bicyclic) bond motifs is 3. The van der Waals surface area contributed by atoms with Gasteiger partial charge in [-0.25, -0.2) is 0 Å². The largest absolute Gasteiger partial charge is 0.464 e. The van der Waals surface area contributed by atoms with Crippen LogP contribution >= 0.6 is 0 Å². The maximum atomic E-state index is 12.3. The fourth-order valence-corrected chi connectivity index (χ4v) is 2.93. The molecule has 24 heavy (non-hydrogen) atoms. The molecule has 4 nitrogen and oxygen atoms in total. The maximum absolute atomic E-state index is 12.3. The molecule has 1 N–H and O–H groups in total. The van der Waals surface area contributed by atoms with Crippen LogP contribution in [-0.4, -0.2) is 10.9 Å². The lowest BCUT2D eigenvalue weighted by atomic mass is 10.0. The van der Waals surface area contributed by atoms with Crippen LogP contribution in [0.25, 0.3) is 21.7 Å². The lowest BCUT2D eigenvalue weighted by molar-refractivity contribution is -0.120. The van der Waals surface area contributed by atoms with Gasteiger partial charge in [-0.05, 0) is 29.0 Å². The van der Waals surface area contributed by atoms with E-state index in [2.05, 4.69) is 22.4 Å². The van der Waals surface area contributed by atoms with Gasteiger partial charge in [0.1, 0.15) is 5.58 Å². The van der Waals surface area contributed by atoms with Crippen molar-refractivity contribution in [1.29, 1.82) is 0 Å². The third-order valence-electron chi connectivity index (χ3n) is 4.08. The fraction of sp³-hybridized carbons (Fsp3) is 0.100. The van der Waals surface area contributed by atoms with E-state index in [0.717, 1.165) is 33.0 Å². The summed E-state index contributed by atoms with van der Waals surface area (Å²) in [5, 5.41) is 6.17. The van der Waals surface area contributed by atoms with E-state index in [9.17, 15) is 4.79 Å². The summed E-state index contributed by atoms with van der Waals surface area (Å²) >= 11 is 0. The molecule has 0 bridgehead atoms. The predicted octanol–water partition coefficient (Wildman–Crippen LogP) is 3.84. The first-order valence-corrected chi connectivity index (χ1v) is 7.86. The quantitative estimate of drug-likeness (QED) is 0.622. The molecule has 0 saturated heterocycles. The van der Waals surface area contributed by atoms with Crippen LogP contribution < -0.4 is 5.32 Å². The minimum atomic E-state index is -0.0451. The molecule has 4 aromatic rings. The molecule has 0 aliphatic carbocycles. The van der Waals surface area contributed by atoms with Crippen molar-refractivity contribution < 1.29 is 9.21 Å². The number of carbonyl (C=O) groups is 1. The van der Waals surface area contributed by atoms with Crippen LogP contribution in [0.5, 0.6) is 0 Å². The van der Waals surface area contributed by atoms with Crippen molar-refractivity contribution in [1.82, 2.24) is 10.3 Å². The van der Waals surface area contributed by atoms with Crippen molar-refractivity contribution in [2.24, 2.45) is 0 Å². The van der Waals surface area contributed by atoms with E-state index in [4.69, 9.17) is 4.42 Å². The summed E-state index contributed by atoms with van der Waals surface area (Å²) in [5.74, 6) is -0.0451. The van der Waals surface area contributed by atoms with Crippen molar-refractivity contribution in [2.45, 2.75) is 13.0 Å². The Morgan fingerprint density at radius 3 is 2.79 bits per heavy atom. The van der Waals surface area contributed by atoms with Crippen LogP contribution in [0.3, 0.4) is 0 Å². The van der Waals surface area contributed by atoms with Crippen LogP contribution in [0.1, 0.15) is 11.3 Å². The predicted molar refractivity (Wildman–Crippen MR) is 93.5 cm³/mol. The number of hydrogen-bond acceptors (Lipinski definition) is 3. The van der Waals surface area contributed by atoms with Gasteiger partial charge in [0.25, 0.3) is 0 Å². The van der Waals surface area contributed by atoms with Gasteiger partial charge < -0.3 is 9.73 Å².